The maximum Gasteiger partial charge on any atom is 0.254 e. The van der Waals surface area contributed by atoms with Gasteiger partial charge < -0.3 is 14.4 Å². The van der Waals surface area contributed by atoms with Crippen molar-refractivity contribution in [3.05, 3.63) is 59.4 Å². The lowest BCUT2D eigenvalue weighted by Gasteiger charge is -2.28. The second-order valence-corrected chi connectivity index (χ2v) is 9.18. The smallest absolute Gasteiger partial charge is 0.254 e. The first kappa shape index (κ1) is 21.7. The molecule has 0 bridgehead atoms. The molecule has 1 heterocycles. The summed E-state index contributed by atoms with van der Waals surface area (Å²) in [6.07, 6.45) is 10.8. The Balaban J connectivity index is 1.41. The highest BCUT2D eigenvalue weighted by Gasteiger charge is 2.38. The fourth-order valence-electron chi connectivity index (χ4n) is 4.19. The third-order valence-corrected chi connectivity index (χ3v) is 6.52. The van der Waals surface area contributed by atoms with Crippen LogP contribution in [0.25, 0.3) is 0 Å². The molecule has 2 aromatic rings. The van der Waals surface area contributed by atoms with Gasteiger partial charge in [0, 0.05) is 36.6 Å². The highest BCUT2D eigenvalue weighted by Crippen LogP contribution is 2.31. The predicted molar refractivity (Wildman–Crippen MR) is 123 cm³/mol. The van der Waals surface area contributed by atoms with E-state index in [2.05, 4.69) is 29.7 Å². The maximum atomic E-state index is 13.3. The number of rotatable bonds is 11. The average molecular weight is 422 g/mol. The summed E-state index contributed by atoms with van der Waals surface area (Å²) in [5, 5.41) is 0. The minimum atomic E-state index is -0.00873. The van der Waals surface area contributed by atoms with Gasteiger partial charge in [-0.25, -0.2) is 0 Å². The van der Waals surface area contributed by atoms with Gasteiger partial charge in [0.05, 0.1) is 6.54 Å². The van der Waals surface area contributed by atoms with Crippen LogP contribution in [0.2, 0.25) is 0 Å². The summed E-state index contributed by atoms with van der Waals surface area (Å²) in [6, 6.07) is 12.6. The van der Waals surface area contributed by atoms with Crippen molar-refractivity contribution in [3.8, 4) is 0 Å². The average Bonchev–Trinajstić information content (AvgIpc) is 3.70. The summed E-state index contributed by atoms with van der Waals surface area (Å²) in [4.78, 5) is 30.3. The van der Waals surface area contributed by atoms with Gasteiger partial charge in [-0.3, -0.25) is 9.59 Å². The number of carbonyl (C=O) groups excluding carboxylic acids is 2. The van der Waals surface area contributed by atoms with Crippen molar-refractivity contribution < 1.29 is 9.59 Å². The van der Waals surface area contributed by atoms with Crippen molar-refractivity contribution in [3.63, 3.8) is 0 Å². The molecular weight excluding hydrogens is 386 g/mol. The molecule has 2 amide bonds. The lowest BCUT2D eigenvalue weighted by Crippen LogP contribution is -2.44. The van der Waals surface area contributed by atoms with Crippen LogP contribution < -0.4 is 0 Å². The molecular formula is C26H35N3O2. The molecule has 0 spiro atoms. The Morgan fingerprint density at radius 2 is 1.65 bits per heavy atom. The van der Waals surface area contributed by atoms with Gasteiger partial charge in [-0.15, -0.1) is 0 Å². The van der Waals surface area contributed by atoms with Gasteiger partial charge in [0.2, 0.25) is 5.91 Å². The minimum absolute atomic E-state index is 0.00873. The largest absolute Gasteiger partial charge is 0.353 e. The van der Waals surface area contributed by atoms with E-state index in [1.54, 1.807) is 0 Å². The predicted octanol–water partition coefficient (Wildman–Crippen LogP) is 4.55. The van der Waals surface area contributed by atoms with Crippen LogP contribution >= 0.6 is 0 Å². The van der Waals surface area contributed by atoms with E-state index in [4.69, 9.17) is 0 Å². The molecule has 1 aromatic carbocycles. The molecule has 0 unspecified atom stereocenters. The Morgan fingerprint density at radius 3 is 2.23 bits per heavy atom. The van der Waals surface area contributed by atoms with E-state index in [9.17, 15) is 9.59 Å². The first-order valence-electron chi connectivity index (χ1n) is 11.9. The Labute approximate surface area is 186 Å². The molecule has 5 nitrogen and oxygen atoms in total. The van der Waals surface area contributed by atoms with Gasteiger partial charge in [0.1, 0.15) is 6.54 Å². The molecule has 2 saturated carbocycles. The molecule has 2 aliphatic carbocycles. The summed E-state index contributed by atoms with van der Waals surface area (Å²) in [7, 11) is 2.01. The molecule has 0 atom stereocenters. The van der Waals surface area contributed by atoms with E-state index >= 15 is 0 Å². The number of aromatic nitrogens is 1. The molecule has 0 aliphatic heterocycles. The first-order chi connectivity index (χ1) is 15.1. The SMILES string of the molecule is CCCCCc1ccc(C(=O)N(CC(=O)N(Cc2cccn2C)C2CC2)C2CC2)cc1. The summed E-state index contributed by atoms with van der Waals surface area (Å²) in [6.45, 7) is 3.01. The third-order valence-electron chi connectivity index (χ3n) is 6.52. The number of nitrogens with zero attached hydrogens (tertiary/aromatic N) is 3. The molecule has 2 fully saturated rings. The number of unbranched alkanes of at least 4 members (excludes halogenated alkanes) is 2. The van der Waals surface area contributed by atoms with Crippen molar-refractivity contribution in [1.82, 2.24) is 14.4 Å². The van der Waals surface area contributed by atoms with Crippen LogP contribution in [0.5, 0.6) is 0 Å². The quantitative estimate of drug-likeness (QED) is 0.500. The Hall–Kier alpha value is -2.56. The lowest BCUT2D eigenvalue weighted by molar-refractivity contribution is -0.133. The third kappa shape index (κ3) is 5.57. The zero-order chi connectivity index (χ0) is 21.8. The molecule has 166 valence electrons. The van der Waals surface area contributed by atoms with Gasteiger partial charge in [0.25, 0.3) is 5.91 Å². The van der Waals surface area contributed by atoms with E-state index in [-0.39, 0.29) is 24.4 Å². The Kier molecular flexibility index (Phi) is 6.79. The number of hydrogen-bond acceptors (Lipinski definition) is 2. The topological polar surface area (TPSA) is 45.6 Å². The van der Waals surface area contributed by atoms with Crippen LogP contribution in [-0.4, -0.2) is 44.8 Å². The standard InChI is InChI=1S/C26H35N3O2/c1-3-4-5-7-20-9-11-21(12-10-20)26(31)29(23-15-16-23)19-25(30)28(22-13-14-22)18-24-8-6-17-27(24)2/h6,8-12,17,22-23H,3-5,7,13-16,18-19H2,1-2H3. The molecule has 2 aliphatic rings. The first-order valence-corrected chi connectivity index (χ1v) is 11.9. The fourth-order valence-corrected chi connectivity index (χ4v) is 4.19. The summed E-state index contributed by atoms with van der Waals surface area (Å²) < 4.78 is 2.06. The van der Waals surface area contributed by atoms with E-state index in [1.165, 1.54) is 24.8 Å². The molecule has 0 saturated heterocycles. The van der Waals surface area contributed by atoms with E-state index in [0.29, 0.717) is 18.2 Å². The maximum absolute atomic E-state index is 13.3. The van der Waals surface area contributed by atoms with E-state index in [1.807, 2.05) is 41.2 Å². The zero-order valence-corrected chi connectivity index (χ0v) is 18.9. The van der Waals surface area contributed by atoms with Crippen molar-refractivity contribution in [2.45, 2.75) is 76.9 Å². The van der Waals surface area contributed by atoms with Gasteiger partial charge >= 0.3 is 0 Å². The summed E-state index contributed by atoms with van der Waals surface area (Å²) >= 11 is 0. The number of amides is 2. The minimum Gasteiger partial charge on any atom is -0.353 e. The second kappa shape index (κ2) is 9.71. The normalized spacial score (nSPS) is 15.7. The zero-order valence-electron chi connectivity index (χ0n) is 18.9. The van der Waals surface area contributed by atoms with Crippen LogP contribution in [0.15, 0.2) is 42.6 Å². The number of aryl methyl sites for hydroxylation is 2. The Morgan fingerprint density at radius 1 is 0.968 bits per heavy atom. The highest BCUT2D eigenvalue weighted by atomic mass is 16.2. The van der Waals surface area contributed by atoms with Crippen molar-refractivity contribution in [1.29, 1.82) is 0 Å². The van der Waals surface area contributed by atoms with E-state index in [0.717, 1.165) is 37.8 Å². The number of hydrogen-bond donors (Lipinski definition) is 0. The van der Waals surface area contributed by atoms with Crippen LogP contribution in [-0.2, 0) is 24.8 Å². The van der Waals surface area contributed by atoms with Gasteiger partial charge in [-0.2, -0.15) is 0 Å². The van der Waals surface area contributed by atoms with Crippen molar-refractivity contribution in [2.24, 2.45) is 7.05 Å². The van der Waals surface area contributed by atoms with Crippen LogP contribution in [0.3, 0.4) is 0 Å². The molecule has 0 radical (unpaired) electrons. The molecule has 4 rings (SSSR count). The van der Waals surface area contributed by atoms with Crippen molar-refractivity contribution in [2.75, 3.05) is 6.54 Å². The van der Waals surface area contributed by atoms with Crippen LogP contribution in [0.4, 0.5) is 0 Å². The monoisotopic (exact) mass is 421 g/mol. The van der Waals surface area contributed by atoms with Gasteiger partial charge in [-0.05, 0) is 68.4 Å². The molecule has 1 aromatic heterocycles. The Bertz CT molecular complexity index is 894. The molecule has 0 N–H and O–H groups in total. The van der Waals surface area contributed by atoms with Crippen LogP contribution in [0, 0.1) is 0 Å². The number of benzene rings is 1. The van der Waals surface area contributed by atoms with Crippen molar-refractivity contribution >= 4 is 11.8 Å². The van der Waals surface area contributed by atoms with Crippen LogP contribution in [0.1, 0.15) is 73.5 Å². The van der Waals surface area contributed by atoms with Gasteiger partial charge in [-0.1, -0.05) is 31.9 Å². The summed E-state index contributed by atoms with van der Waals surface area (Å²) in [5.41, 5.74) is 3.10. The number of carbonyl (C=O) groups is 2. The molecule has 5 heteroatoms. The molecule has 31 heavy (non-hydrogen) atoms. The fraction of sp³-hybridized carbons (Fsp3) is 0.538. The lowest BCUT2D eigenvalue weighted by atomic mass is 10.0. The summed E-state index contributed by atoms with van der Waals surface area (Å²) in [5.74, 6) is 0.0608. The highest BCUT2D eigenvalue weighted by molar-refractivity contribution is 5.97. The van der Waals surface area contributed by atoms with Gasteiger partial charge in [0.15, 0.2) is 0 Å². The second-order valence-electron chi connectivity index (χ2n) is 9.18. The van der Waals surface area contributed by atoms with E-state index < -0.39 is 0 Å².